The first kappa shape index (κ1) is 23.1. The van der Waals surface area contributed by atoms with Crippen LogP contribution in [-0.4, -0.2) is 52.7 Å². The van der Waals surface area contributed by atoms with Crippen molar-refractivity contribution in [2.24, 2.45) is 17.8 Å². The zero-order valence-electron chi connectivity index (χ0n) is 18.2. The van der Waals surface area contributed by atoms with Crippen molar-refractivity contribution < 1.29 is 32.2 Å². The van der Waals surface area contributed by atoms with Crippen LogP contribution >= 0.6 is 0 Å². The molecule has 1 saturated heterocycles. The highest BCUT2D eigenvalue weighted by molar-refractivity contribution is 5.84. The van der Waals surface area contributed by atoms with E-state index < -0.39 is 22.9 Å². The molecule has 31 heavy (non-hydrogen) atoms. The van der Waals surface area contributed by atoms with Gasteiger partial charge in [-0.1, -0.05) is 0 Å². The molecule has 1 aliphatic carbocycles. The summed E-state index contributed by atoms with van der Waals surface area (Å²) in [4.78, 5) is 30.1. The Hall–Kier alpha value is -2.52. The fourth-order valence-corrected chi connectivity index (χ4v) is 3.83. The first-order valence-electron chi connectivity index (χ1n) is 10.1. The number of aromatic nitrogens is 1. The number of nitrogens with zero attached hydrogens (tertiary/aromatic N) is 2. The molecule has 0 radical (unpaired) electrons. The molecule has 0 aromatic carbocycles. The maximum atomic E-state index is 13.1. The lowest BCUT2D eigenvalue weighted by Crippen LogP contribution is -2.49. The molecule has 2 aliphatic rings. The molecule has 2 amide bonds. The molecule has 7 nitrogen and oxygen atoms in total. The Balaban J connectivity index is 1.51. The van der Waals surface area contributed by atoms with Gasteiger partial charge in [-0.2, -0.15) is 13.2 Å². The van der Waals surface area contributed by atoms with Gasteiger partial charge in [-0.15, -0.1) is 0 Å². The number of nitrogens with one attached hydrogen (secondary N) is 1. The third-order valence-electron chi connectivity index (χ3n) is 5.29. The molecule has 3 rings (SSSR count). The topological polar surface area (TPSA) is 80.8 Å². The number of alkyl halides is 3. The molecule has 172 valence electrons. The average Bonchev–Trinajstić information content (AvgIpc) is 3.12. The van der Waals surface area contributed by atoms with Crippen LogP contribution in [-0.2, 0) is 15.7 Å². The summed E-state index contributed by atoms with van der Waals surface area (Å²) in [6, 6.07) is 0.850. The van der Waals surface area contributed by atoms with Crippen molar-refractivity contribution in [3.63, 3.8) is 0 Å². The Morgan fingerprint density at radius 3 is 2.32 bits per heavy atom. The Morgan fingerprint density at radius 1 is 1.16 bits per heavy atom. The zero-order valence-corrected chi connectivity index (χ0v) is 18.2. The number of rotatable bonds is 5. The predicted octanol–water partition coefficient (Wildman–Crippen LogP) is 3.49. The summed E-state index contributed by atoms with van der Waals surface area (Å²) in [6.07, 6.45) is -2.88. The predicted molar refractivity (Wildman–Crippen MR) is 105 cm³/mol. The van der Waals surface area contributed by atoms with Crippen molar-refractivity contribution in [1.82, 2.24) is 15.2 Å². The fraction of sp³-hybridized carbons (Fsp3) is 0.667. The van der Waals surface area contributed by atoms with Crippen LogP contribution in [0, 0.1) is 17.8 Å². The van der Waals surface area contributed by atoms with Crippen molar-refractivity contribution in [3.8, 4) is 5.75 Å². The SMILES string of the molecule is CC(C)(COc1cnccc1C(F)(F)F)NC(=O)C1C2CN(C(=O)OC(C)(C)C)C[C@H]21. The van der Waals surface area contributed by atoms with Gasteiger partial charge in [0.05, 0.1) is 11.7 Å². The second kappa shape index (κ2) is 7.87. The first-order chi connectivity index (χ1) is 14.2. The minimum Gasteiger partial charge on any atom is -0.489 e. The standard InChI is InChI=1S/C21H28F3N3O4/c1-19(2,3)31-18(29)27-9-12-13(10-27)16(12)17(28)26-20(4,5)11-30-15-8-25-7-6-14(15)21(22,23)24/h6-8,12-13,16H,9-11H2,1-5H3,(H,26,28)/t12-,13?,16?/m1/s1. The number of pyridine rings is 1. The van der Waals surface area contributed by atoms with Crippen LogP contribution < -0.4 is 10.1 Å². The van der Waals surface area contributed by atoms with Crippen molar-refractivity contribution in [2.75, 3.05) is 19.7 Å². The molecule has 2 unspecified atom stereocenters. The third kappa shape index (κ3) is 5.59. The number of carbonyl (C=O) groups is 2. The Bertz CT molecular complexity index is 839. The van der Waals surface area contributed by atoms with Gasteiger partial charge in [-0.05, 0) is 52.5 Å². The molecule has 0 bridgehead atoms. The van der Waals surface area contributed by atoms with Crippen LogP contribution in [0.15, 0.2) is 18.5 Å². The summed E-state index contributed by atoms with van der Waals surface area (Å²) in [5.74, 6) is -0.649. The molecule has 3 atom stereocenters. The number of ether oxygens (including phenoxy) is 2. The van der Waals surface area contributed by atoms with Gasteiger partial charge >= 0.3 is 12.3 Å². The second-order valence-corrected chi connectivity index (χ2v) is 9.77. The normalized spacial score (nSPS) is 23.2. The highest BCUT2D eigenvalue weighted by Gasteiger charge is 2.61. The highest BCUT2D eigenvalue weighted by Crippen LogP contribution is 2.52. The van der Waals surface area contributed by atoms with E-state index in [0.717, 1.165) is 18.5 Å². The van der Waals surface area contributed by atoms with Gasteiger partial charge in [0.15, 0.2) is 0 Å². The summed E-state index contributed by atoms with van der Waals surface area (Å²) in [5.41, 5.74) is -2.38. The monoisotopic (exact) mass is 443 g/mol. The van der Waals surface area contributed by atoms with E-state index in [4.69, 9.17) is 9.47 Å². The maximum Gasteiger partial charge on any atom is 0.420 e. The van der Waals surface area contributed by atoms with Crippen molar-refractivity contribution in [3.05, 3.63) is 24.0 Å². The number of likely N-dealkylation sites (tertiary alicyclic amines) is 1. The van der Waals surface area contributed by atoms with E-state index in [1.807, 2.05) is 0 Å². The Morgan fingerprint density at radius 2 is 1.77 bits per heavy atom. The lowest BCUT2D eigenvalue weighted by molar-refractivity contribution is -0.139. The van der Waals surface area contributed by atoms with Gasteiger partial charge in [0.25, 0.3) is 0 Å². The molecule has 2 heterocycles. The average molecular weight is 443 g/mol. The van der Waals surface area contributed by atoms with E-state index in [2.05, 4.69) is 10.3 Å². The molecule has 1 aromatic rings. The van der Waals surface area contributed by atoms with Gasteiger partial charge < -0.3 is 19.7 Å². The van der Waals surface area contributed by atoms with E-state index in [-0.39, 0.29) is 42.1 Å². The van der Waals surface area contributed by atoms with Crippen LogP contribution in [0.25, 0.3) is 0 Å². The minimum atomic E-state index is -4.56. The number of hydrogen-bond donors (Lipinski definition) is 1. The van der Waals surface area contributed by atoms with Crippen LogP contribution in [0.3, 0.4) is 0 Å². The van der Waals surface area contributed by atoms with E-state index in [1.54, 1.807) is 39.5 Å². The Labute approximate surface area is 179 Å². The lowest BCUT2D eigenvalue weighted by atomic mass is 10.1. The molecule has 0 spiro atoms. The van der Waals surface area contributed by atoms with Gasteiger partial charge in [0.1, 0.15) is 23.5 Å². The van der Waals surface area contributed by atoms with Gasteiger partial charge in [0, 0.05) is 25.2 Å². The second-order valence-electron chi connectivity index (χ2n) is 9.77. The number of carbonyl (C=O) groups excluding carboxylic acids is 2. The summed E-state index contributed by atoms with van der Waals surface area (Å²) in [6.45, 7) is 9.51. The quantitative estimate of drug-likeness (QED) is 0.754. The molecular weight excluding hydrogens is 415 g/mol. The minimum absolute atomic E-state index is 0.0689. The lowest BCUT2D eigenvalue weighted by Gasteiger charge is -2.28. The summed E-state index contributed by atoms with van der Waals surface area (Å²) >= 11 is 0. The molecule has 1 saturated carbocycles. The van der Waals surface area contributed by atoms with Crippen molar-refractivity contribution in [2.45, 2.75) is 51.9 Å². The third-order valence-corrected chi connectivity index (χ3v) is 5.29. The molecular formula is C21H28F3N3O4. The molecule has 1 aromatic heterocycles. The van der Waals surface area contributed by atoms with Crippen molar-refractivity contribution in [1.29, 1.82) is 0 Å². The highest BCUT2D eigenvalue weighted by atomic mass is 19.4. The zero-order chi connectivity index (χ0) is 23.2. The summed E-state index contributed by atoms with van der Waals surface area (Å²) < 4.78 is 50.0. The number of halogens is 3. The summed E-state index contributed by atoms with van der Waals surface area (Å²) in [7, 11) is 0. The largest absolute Gasteiger partial charge is 0.489 e. The van der Waals surface area contributed by atoms with Crippen LogP contribution in [0.4, 0.5) is 18.0 Å². The van der Waals surface area contributed by atoms with Crippen molar-refractivity contribution >= 4 is 12.0 Å². The van der Waals surface area contributed by atoms with E-state index in [9.17, 15) is 22.8 Å². The summed E-state index contributed by atoms with van der Waals surface area (Å²) in [5, 5.41) is 2.86. The smallest absolute Gasteiger partial charge is 0.420 e. The fourth-order valence-electron chi connectivity index (χ4n) is 3.83. The van der Waals surface area contributed by atoms with E-state index in [1.165, 1.54) is 0 Å². The first-order valence-corrected chi connectivity index (χ1v) is 10.1. The number of amides is 2. The molecule has 1 N–H and O–H groups in total. The van der Waals surface area contributed by atoms with E-state index >= 15 is 0 Å². The maximum absolute atomic E-state index is 13.1. The van der Waals surface area contributed by atoms with Gasteiger partial charge in [-0.25, -0.2) is 4.79 Å². The van der Waals surface area contributed by atoms with Gasteiger partial charge in [0.2, 0.25) is 5.91 Å². The molecule has 10 heteroatoms. The van der Waals surface area contributed by atoms with Crippen LogP contribution in [0.5, 0.6) is 5.75 Å². The van der Waals surface area contributed by atoms with E-state index in [0.29, 0.717) is 13.1 Å². The van der Waals surface area contributed by atoms with Crippen LogP contribution in [0.2, 0.25) is 0 Å². The number of fused-ring (bicyclic) bond motifs is 1. The molecule has 2 fully saturated rings. The molecule has 1 aliphatic heterocycles. The number of piperidine rings is 1. The van der Waals surface area contributed by atoms with Gasteiger partial charge in [-0.3, -0.25) is 9.78 Å². The van der Waals surface area contributed by atoms with Crippen LogP contribution in [0.1, 0.15) is 40.2 Å². The number of hydrogen-bond acceptors (Lipinski definition) is 5. The Kier molecular flexibility index (Phi) is 5.88.